The third-order valence-corrected chi connectivity index (χ3v) is 1.51. The lowest BCUT2D eigenvalue weighted by molar-refractivity contribution is 0.156. The topological polar surface area (TPSA) is 40.5 Å². The first kappa shape index (κ1) is 8.75. The van der Waals surface area contributed by atoms with E-state index in [4.69, 9.17) is 5.11 Å². The van der Waals surface area contributed by atoms with Gasteiger partial charge in [-0.05, 0) is 6.42 Å². The summed E-state index contributed by atoms with van der Waals surface area (Å²) in [7, 11) is 1.56. The molecule has 0 aliphatic heterocycles. The molecular weight excluding hydrogens is 186 g/mol. The minimum absolute atomic E-state index is 0.598. The van der Waals surface area contributed by atoms with Gasteiger partial charge in [-0.25, -0.2) is 4.79 Å². The van der Waals surface area contributed by atoms with Gasteiger partial charge in [0.15, 0.2) is 0 Å². The molecule has 0 radical (unpaired) electrons. The maximum absolute atomic E-state index is 10.1. The molecule has 0 spiro atoms. The summed E-state index contributed by atoms with van der Waals surface area (Å²) in [5.41, 5.74) is 0. The lowest BCUT2D eigenvalue weighted by Crippen LogP contribution is -2.25. The van der Waals surface area contributed by atoms with E-state index in [-0.39, 0.29) is 0 Å². The van der Waals surface area contributed by atoms with Crippen LogP contribution in [0, 0.1) is 0 Å². The normalized spacial score (nSPS) is 9.11. The van der Waals surface area contributed by atoms with Crippen LogP contribution in [0.25, 0.3) is 0 Å². The third-order valence-electron chi connectivity index (χ3n) is 0.954. The number of rotatable bonds is 3. The molecule has 1 amide bonds. The van der Waals surface area contributed by atoms with Crippen LogP contribution in [0.2, 0.25) is 0 Å². The molecular formula is C5H10BrNO2. The van der Waals surface area contributed by atoms with Gasteiger partial charge in [-0.3, -0.25) is 0 Å². The average molecular weight is 196 g/mol. The summed E-state index contributed by atoms with van der Waals surface area (Å²) in [6.07, 6.45) is -0.000972. The zero-order chi connectivity index (χ0) is 7.28. The van der Waals surface area contributed by atoms with E-state index in [0.717, 1.165) is 11.8 Å². The molecule has 4 heteroatoms. The predicted octanol–water partition coefficient (Wildman–Crippen LogP) is 1.38. The Hall–Kier alpha value is -0.250. The van der Waals surface area contributed by atoms with Crippen LogP contribution in [-0.2, 0) is 0 Å². The summed E-state index contributed by atoms with van der Waals surface area (Å²) in [6.45, 7) is 0.598. The summed E-state index contributed by atoms with van der Waals surface area (Å²) in [5.74, 6) is 0. The van der Waals surface area contributed by atoms with Crippen LogP contribution < -0.4 is 0 Å². The second-order valence-electron chi connectivity index (χ2n) is 1.75. The molecule has 0 heterocycles. The van der Waals surface area contributed by atoms with E-state index in [1.165, 1.54) is 4.90 Å². The molecule has 0 rings (SSSR count). The van der Waals surface area contributed by atoms with Crippen LogP contribution >= 0.6 is 15.9 Å². The summed E-state index contributed by atoms with van der Waals surface area (Å²) >= 11 is 3.21. The molecule has 0 aromatic rings. The SMILES string of the molecule is CN(CCCBr)C(=O)O. The standard InChI is InChI=1S/C5H10BrNO2/c1-7(5(8)9)4-2-3-6/h2-4H2,1H3,(H,8,9). The van der Waals surface area contributed by atoms with Gasteiger partial charge in [0.25, 0.3) is 0 Å². The van der Waals surface area contributed by atoms with Crippen molar-refractivity contribution in [3.63, 3.8) is 0 Å². The maximum Gasteiger partial charge on any atom is 0.407 e. The van der Waals surface area contributed by atoms with E-state index < -0.39 is 6.09 Å². The molecule has 1 N–H and O–H groups in total. The minimum atomic E-state index is -0.865. The lowest BCUT2D eigenvalue weighted by atomic mass is 10.5. The molecule has 0 aromatic carbocycles. The summed E-state index contributed by atoms with van der Waals surface area (Å²) < 4.78 is 0. The van der Waals surface area contributed by atoms with Crippen molar-refractivity contribution in [2.45, 2.75) is 6.42 Å². The van der Waals surface area contributed by atoms with Crippen molar-refractivity contribution in [1.82, 2.24) is 4.90 Å². The highest BCUT2D eigenvalue weighted by molar-refractivity contribution is 9.09. The maximum atomic E-state index is 10.1. The number of carbonyl (C=O) groups is 1. The summed E-state index contributed by atoms with van der Waals surface area (Å²) in [5, 5.41) is 9.17. The Bertz CT molecular complexity index is 97.0. The highest BCUT2D eigenvalue weighted by Gasteiger charge is 2.01. The first-order valence-corrected chi connectivity index (χ1v) is 3.80. The molecule has 0 bridgehead atoms. The van der Waals surface area contributed by atoms with Crippen molar-refractivity contribution in [2.75, 3.05) is 18.9 Å². The monoisotopic (exact) mass is 195 g/mol. The lowest BCUT2D eigenvalue weighted by Gasteiger charge is -2.10. The van der Waals surface area contributed by atoms with E-state index in [0.29, 0.717) is 6.54 Å². The van der Waals surface area contributed by atoms with Gasteiger partial charge in [-0.15, -0.1) is 0 Å². The van der Waals surface area contributed by atoms with E-state index in [2.05, 4.69) is 15.9 Å². The van der Waals surface area contributed by atoms with Crippen molar-refractivity contribution in [1.29, 1.82) is 0 Å². The molecule has 0 fully saturated rings. The van der Waals surface area contributed by atoms with E-state index in [1.54, 1.807) is 7.05 Å². The molecule has 9 heavy (non-hydrogen) atoms. The molecule has 0 saturated carbocycles. The highest BCUT2D eigenvalue weighted by atomic mass is 79.9. The number of amides is 1. The average Bonchev–Trinajstić information content (AvgIpc) is 1.82. The number of carboxylic acid groups (broad SMARTS) is 1. The van der Waals surface area contributed by atoms with Crippen LogP contribution in [0.3, 0.4) is 0 Å². The Morgan fingerprint density at radius 3 is 2.67 bits per heavy atom. The molecule has 0 aliphatic carbocycles. The van der Waals surface area contributed by atoms with Gasteiger partial charge in [0.1, 0.15) is 0 Å². The van der Waals surface area contributed by atoms with Gasteiger partial charge in [-0.1, -0.05) is 15.9 Å². The molecule has 54 valence electrons. The van der Waals surface area contributed by atoms with Crippen LogP contribution in [0.15, 0.2) is 0 Å². The smallest absolute Gasteiger partial charge is 0.407 e. The largest absolute Gasteiger partial charge is 0.465 e. The quantitative estimate of drug-likeness (QED) is 0.692. The summed E-state index contributed by atoms with van der Waals surface area (Å²) in [6, 6.07) is 0. The fraction of sp³-hybridized carbons (Fsp3) is 0.800. The molecule has 0 unspecified atom stereocenters. The van der Waals surface area contributed by atoms with E-state index >= 15 is 0 Å². The van der Waals surface area contributed by atoms with E-state index in [1.807, 2.05) is 0 Å². The minimum Gasteiger partial charge on any atom is -0.465 e. The second kappa shape index (κ2) is 4.61. The van der Waals surface area contributed by atoms with Crippen LogP contribution in [0.5, 0.6) is 0 Å². The van der Waals surface area contributed by atoms with E-state index in [9.17, 15) is 4.79 Å². The predicted molar refractivity (Wildman–Crippen MR) is 39.1 cm³/mol. The van der Waals surface area contributed by atoms with Crippen LogP contribution in [0.1, 0.15) is 6.42 Å². The fourth-order valence-corrected chi connectivity index (χ4v) is 0.643. The molecule has 0 atom stereocenters. The van der Waals surface area contributed by atoms with Crippen LogP contribution in [0.4, 0.5) is 4.79 Å². The number of nitrogens with zero attached hydrogens (tertiary/aromatic N) is 1. The molecule has 0 aliphatic rings. The van der Waals surface area contributed by atoms with Gasteiger partial charge in [0.05, 0.1) is 0 Å². The van der Waals surface area contributed by atoms with Gasteiger partial charge in [0.2, 0.25) is 0 Å². The van der Waals surface area contributed by atoms with Crippen molar-refractivity contribution >= 4 is 22.0 Å². The Kier molecular flexibility index (Phi) is 4.48. The first-order valence-electron chi connectivity index (χ1n) is 2.68. The number of hydrogen-bond donors (Lipinski definition) is 1. The number of halogens is 1. The summed E-state index contributed by atoms with van der Waals surface area (Å²) in [4.78, 5) is 11.4. The van der Waals surface area contributed by atoms with Crippen molar-refractivity contribution in [3.05, 3.63) is 0 Å². The zero-order valence-electron chi connectivity index (χ0n) is 5.30. The van der Waals surface area contributed by atoms with Crippen molar-refractivity contribution < 1.29 is 9.90 Å². The van der Waals surface area contributed by atoms with Crippen LogP contribution in [-0.4, -0.2) is 35.0 Å². The van der Waals surface area contributed by atoms with Gasteiger partial charge < -0.3 is 10.0 Å². The Morgan fingerprint density at radius 2 is 2.33 bits per heavy atom. The first-order chi connectivity index (χ1) is 4.18. The molecule has 3 nitrogen and oxygen atoms in total. The fourth-order valence-electron chi connectivity index (χ4n) is 0.393. The Morgan fingerprint density at radius 1 is 1.78 bits per heavy atom. The van der Waals surface area contributed by atoms with Gasteiger partial charge >= 0.3 is 6.09 Å². The Balaban J connectivity index is 3.27. The molecule has 0 saturated heterocycles. The second-order valence-corrected chi connectivity index (χ2v) is 2.54. The molecule has 0 aromatic heterocycles. The third kappa shape index (κ3) is 4.27. The van der Waals surface area contributed by atoms with Crippen molar-refractivity contribution in [3.8, 4) is 0 Å². The van der Waals surface area contributed by atoms with Gasteiger partial charge in [-0.2, -0.15) is 0 Å². The number of hydrogen-bond acceptors (Lipinski definition) is 1. The zero-order valence-corrected chi connectivity index (χ0v) is 6.89. The highest BCUT2D eigenvalue weighted by Crippen LogP contribution is 1.91. The van der Waals surface area contributed by atoms with Crippen molar-refractivity contribution in [2.24, 2.45) is 0 Å². The number of alkyl halides is 1. The van der Waals surface area contributed by atoms with Gasteiger partial charge in [0, 0.05) is 18.9 Å². The Labute approximate surface area is 62.8 Å².